The summed E-state index contributed by atoms with van der Waals surface area (Å²) in [5.41, 5.74) is 0.903. The minimum absolute atomic E-state index is 0.722. The van der Waals surface area contributed by atoms with E-state index in [-0.39, 0.29) is 0 Å². The van der Waals surface area contributed by atoms with Gasteiger partial charge in [-0.15, -0.1) is 0 Å². The molecule has 0 aromatic heterocycles. The minimum Gasteiger partial charge on any atom is -0.0970 e. The summed E-state index contributed by atoms with van der Waals surface area (Å²) in [6.45, 7) is 0. The summed E-state index contributed by atoms with van der Waals surface area (Å²) in [4.78, 5) is 0. The van der Waals surface area contributed by atoms with Gasteiger partial charge in [-0.2, -0.15) is 0 Å². The standard InChI is InChI=1S/C10H8BrCl/c11-8-4-3-6-9-5-1-2-7-10(9)12/h1-2,5,7H,4,8H2. The van der Waals surface area contributed by atoms with Crippen molar-refractivity contribution >= 4 is 27.5 Å². The highest BCUT2D eigenvalue weighted by Gasteiger charge is 1.91. The van der Waals surface area contributed by atoms with E-state index >= 15 is 0 Å². The maximum atomic E-state index is 5.89. The lowest BCUT2D eigenvalue weighted by atomic mass is 10.2. The van der Waals surface area contributed by atoms with Crippen LogP contribution in [0.2, 0.25) is 5.02 Å². The Kier molecular flexibility index (Phi) is 4.21. The number of hydrogen-bond donors (Lipinski definition) is 0. The molecule has 62 valence electrons. The summed E-state index contributed by atoms with van der Waals surface area (Å²) in [6.07, 6.45) is 0.852. The zero-order valence-electron chi connectivity index (χ0n) is 6.48. The van der Waals surface area contributed by atoms with Crippen LogP contribution < -0.4 is 0 Å². The van der Waals surface area contributed by atoms with Crippen molar-refractivity contribution in [3.05, 3.63) is 34.9 Å². The van der Waals surface area contributed by atoms with Gasteiger partial charge in [-0.05, 0) is 12.1 Å². The Labute approximate surface area is 86.1 Å². The molecule has 0 aliphatic carbocycles. The van der Waals surface area contributed by atoms with Gasteiger partial charge in [0.25, 0.3) is 0 Å². The molecule has 0 aliphatic rings. The fraction of sp³-hybridized carbons (Fsp3) is 0.200. The van der Waals surface area contributed by atoms with Crippen LogP contribution in [0.3, 0.4) is 0 Å². The first-order valence-electron chi connectivity index (χ1n) is 3.64. The lowest BCUT2D eigenvalue weighted by molar-refractivity contribution is 1.32. The quantitative estimate of drug-likeness (QED) is 0.523. The van der Waals surface area contributed by atoms with Gasteiger partial charge in [0.15, 0.2) is 0 Å². The van der Waals surface area contributed by atoms with Crippen molar-refractivity contribution in [2.75, 3.05) is 5.33 Å². The highest BCUT2D eigenvalue weighted by atomic mass is 79.9. The molecule has 0 nitrogen and oxygen atoms in total. The number of rotatable bonds is 1. The van der Waals surface area contributed by atoms with E-state index in [2.05, 4.69) is 27.8 Å². The van der Waals surface area contributed by atoms with Crippen LogP contribution in [-0.2, 0) is 0 Å². The van der Waals surface area contributed by atoms with Crippen LogP contribution in [0.1, 0.15) is 12.0 Å². The van der Waals surface area contributed by atoms with Gasteiger partial charge in [0, 0.05) is 17.3 Å². The maximum absolute atomic E-state index is 5.89. The Morgan fingerprint density at radius 3 is 2.75 bits per heavy atom. The van der Waals surface area contributed by atoms with Gasteiger partial charge in [-0.25, -0.2) is 0 Å². The first-order chi connectivity index (χ1) is 5.84. The molecule has 12 heavy (non-hydrogen) atoms. The number of alkyl halides is 1. The number of benzene rings is 1. The minimum atomic E-state index is 0.722. The summed E-state index contributed by atoms with van der Waals surface area (Å²) in [5, 5.41) is 1.63. The van der Waals surface area contributed by atoms with E-state index in [1.807, 2.05) is 24.3 Å². The van der Waals surface area contributed by atoms with Gasteiger partial charge in [-0.1, -0.05) is 51.5 Å². The molecule has 0 N–H and O–H groups in total. The monoisotopic (exact) mass is 242 g/mol. The summed E-state index contributed by atoms with van der Waals surface area (Å²) in [5.74, 6) is 6.01. The first kappa shape index (κ1) is 9.64. The van der Waals surface area contributed by atoms with Gasteiger partial charge in [0.05, 0.1) is 5.02 Å². The molecule has 1 aromatic rings. The highest BCUT2D eigenvalue weighted by molar-refractivity contribution is 9.09. The fourth-order valence-electron chi connectivity index (χ4n) is 0.768. The van der Waals surface area contributed by atoms with Crippen LogP contribution in [-0.4, -0.2) is 5.33 Å². The predicted molar refractivity (Wildman–Crippen MR) is 56.7 cm³/mol. The summed E-state index contributed by atoms with van der Waals surface area (Å²) >= 11 is 9.19. The third-order valence-corrected chi connectivity index (χ3v) is 2.04. The third-order valence-electron chi connectivity index (χ3n) is 1.32. The van der Waals surface area contributed by atoms with Gasteiger partial charge >= 0.3 is 0 Å². The Hall–Kier alpha value is -0.450. The molecular formula is C10H8BrCl. The summed E-state index contributed by atoms with van der Waals surface area (Å²) < 4.78 is 0. The van der Waals surface area contributed by atoms with Gasteiger partial charge < -0.3 is 0 Å². The lowest BCUT2D eigenvalue weighted by Gasteiger charge is -1.91. The molecule has 0 aliphatic heterocycles. The van der Waals surface area contributed by atoms with E-state index in [1.165, 1.54) is 0 Å². The molecule has 1 aromatic carbocycles. The van der Waals surface area contributed by atoms with Crippen LogP contribution in [0, 0.1) is 11.8 Å². The molecule has 1 rings (SSSR count). The first-order valence-corrected chi connectivity index (χ1v) is 5.14. The van der Waals surface area contributed by atoms with Crippen molar-refractivity contribution < 1.29 is 0 Å². The molecule has 2 heteroatoms. The van der Waals surface area contributed by atoms with Crippen molar-refractivity contribution in [3.8, 4) is 11.8 Å². The Bertz CT molecular complexity index is 309. The van der Waals surface area contributed by atoms with Crippen LogP contribution in [0.4, 0.5) is 0 Å². The molecular weight excluding hydrogens is 235 g/mol. The molecule has 0 saturated heterocycles. The van der Waals surface area contributed by atoms with Gasteiger partial charge in [-0.3, -0.25) is 0 Å². The normalized spacial score (nSPS) is 8.83. The smallest absolute Gasteiger partial charge is 0.0562 e. The van der Waals surface area contributed by atoms with Crippen molar-refractivity contribution in [1.82, 2.24) is 0 Å². The van der Waals surface area contributed by atoms with E-state index in [9.17, 15) is 0 Å². The third kappa shape index (κ3) is 2.89. The van der Waals surface area contributed by atoms with E-state index in [0.717, 1.165) is 22.3 Å². The van der Waals surface area contributed by atoms with Gasteiger partial charge in [0.1, 0.15) is 0 Å². The molecule has 0 bridgehead atoms. The second-order valence-electron chi connectivity index (χ2n) is 2.22. The Morgan fingerprint density at radius 2 is 2.08 bits per heavy atom. The zero-order valence-corrected chi connectivity index (χ0v) is 8.82. The second kappa shape index (κ2) is 5.24. The SMILES string of the molecule is Clc1ccccc1C#CCCBr. The molecule has 0 unspecified atom stereocenters. The number of hydrogen-bond acceptors (Lipinski definition) is 0. The predicted octanol–water partition coefficient (Wildman–Crippen LogP) is 3.48. The van der Waals surface area contributed by atoms with Crippen molar-refractivity contribution in [1.29, 1.82) is 0 Å². The van der Waals surface area contributed by atoms with Crippen molar-refractivity contribution in [2.24, 2.45) is 0 Å². The average molecular weight is 244 g/mol. The summed E-state index contributed by atoms with van der Waals surface area (Å²) in [6, 6.07) is 7.60. The summed E-state index contributed by atoms with van der Waals surface area (Å²) in [7, 11) is 0. The fourth-order valence-corrected chi connectivity index (χ4v) is 1.15. The highest BCUT2D eigenvalue weighted by Crippen LogP contribution is 2.12. The molecule has 0 saturated carbocycles. The van der Waals surface area contributed by atoms with Crippen LogP contribution in [0.15, 0.2) is 24.3 Å². The Balaban J connectivity index is 2.77. The molecule has 0 atom stereocenters. The average Bonchev–Trinajstić information content (AvgIpc) is 2.09. The van der Waals surface area contributed by atoms with Crippen LogP contribution in [0.25, 0.3) is 0 Å². The largest absolute Gasteiger partial charge is 0.0970 e. The second-order valence-corrected chi connectivity index (χ2v) is 3.42. The van der Waals surface area contributed by atoms with E-state index in [1.54, 1.807) is 0 Å². The molecule has 0 spiro atoms. The maximum Gasteiger partial charge on any atom is 0.0562 e. The zero-order chi connectivity index (χ0) is 8.81. The van der Waals surface area contributed by atoms with E-state index < -0.39 is 0 Å². The Morgan fingerprint density at radius 1 is 1.33 bits per heavy atom. The van der Waals surface area contributed by atoms with Crippen molar-refractivity contribution in [3.63, 3.8) is 0 Å². The van der Waals surface area contributed by atoms with Crippen LogP contribution in [0.5, 0.6) is 0 Å². The number of halogens is 2. The van der Waals surface area contributed by atoms with E-state index in [4.69, 9.17) is 11.6 Å². The lowest BCUT2D eigenvalue weighted by Crippen LogP contribution is -1.75. The molecule has 0 heterocycles. The van der Waals surface area contributed by atoms with Crippen LogP contribution >= 0.6 is 27.5 Å². The molecule has 0 amide bonds. The topological polar surface area (TPSA) is 0 Å². The van der Waals surface area contributed by atoms with Crippen molar-refractivity contribution in [2.45, 2.75) is 6.42 Å². The van der Waals surface area contributed by atoms with E-state index in [0.29, 0.717) is 0 Å². The molecule has 0 fully saturated rings. The van der Waals surface area contributed by atoms with Gasteiger partial charge in [0.2, 0.25) is 0 Å². The molecule has 0 radical (unpaired) electrons.